The van der Waals surface area contributed by atoms with Gasteiger partial charge < -0.3 is 5.11 Å². The van der Waals surface area contributed by atoms with Crippen LogP contribution in [0.15, 0.2) is 11.1 Å². The second-order valence-electron chi connectivity index (χ2n) is 5.86. The smallest absolute Gasteiger partial charge is 0.303 e. The van der Waals surface area contributed by atoms with Gasteiger partial charge in [-0.1, -0.05) is 56.6 Å². The molecule has 0 aromatic heterocycles. The molecule has 0 amide bonds. The average Bonchev–Trinajstić information content (AvgIpc) is 3.12. The molecule has 0 heterocycles. The Bertz CT molecular complexity index is 292. The number of allylic oxidation sites excluding steroid dienone is 2. The molecule has 110 valence electrons. The zero-order valence-corrected chi connectivity index (χ0v) is 12.5. The van der Waals surface area contributed by atoms with Crippen molar-refractivity contribution in [3.8, 4) is 0 Å². The first kappa shape index (κ1) is 16.3. The fourth-order valence-electron chi connectivity index (χ4n) is 2.63. The molecule has 0 spiro atoms. The molecule has 1 N–H and O–H groups in total. The van der Waals surface area contributed by atoms with E-state index in [4.69, 9.17) is 5.11 Å². The molecule has 0 atom stereocenters. The molecule has 1 aliphatic rings. The molecule has 0 saturated heterocycles. The van der Waals surface area contributed by atoms with Crippen LogP contribution in [0.1, 0.15) is 90.4 Å². The van der Waals surface area contributed by atoms with Crippen molar-refractivity contribution >= 4 is 5.97 Å². The Labute approximate surface area is 118 Å². The molecule has 0 aromatic carbocycles. The minimum absolute atomic E-state index is 0.342. The summed E-state index contributed by atoms with van der Waals surface area (Å²) in [5.74, 6) is -0.656. The highest BCUT2D eigenvalue weighted by molar-refractivity contribution is 5.66. The van der Waals surface area contributed by atoms with Crippen LogP contribution in [0, 0.1) is 0 Å². The van der Waals surface area contributed by atoms with E-state index in [9.17, 15) is 4.79 Å². The first-order valence-electron chi connectivity index (χ1n) is 8.15. The summed E-state index contributed by atoms with van der Waals surface area (Å²) in [6.45, 7) is 2.26. The van der Waals surface area contributed by atoms with Crippen molar-refractivity contribution in [1.82, 2.24) is 0 Å². The van der Waals surface area contributed by atoms with Crippen LogP contribution in [0.3, 0.4) is 0 Å². The lowest BCUT2D eigenvalue weighted by atomic mass is 10.1. The maximum absolute atomic E-state index is 10.3. The van der Waals surface area contributed by atoms with E-state index in [2.05, 4.69) is 6.92 Å². The lowest BCUT2D eigenvalue weighted by Crippen LogP contribution is -1.93. The summed E-state index contributed by atoms with van der Waals surface area (Å²) in [5, 5.41) is 8.52. The Balaban J connectivity index is 1.80. The van der Waals surface area contributed by atoms with Crippen LogP contribution < -0.4 is 0 Å². The van der Waals surface area contributed by atoms with Crippen molar-refractivity contribution in [2.45, 2.75) is 90.4 Å². The molecule has 0 saturated carbocycles. The Morgan fingerprint density at radius 1 is 0.895 bits per heavy atom. The third-order valence-electron chi connectivity index (χ3n) is 4.00. The Morgan fingerprint density at radius 2 is 1.42 bits per heavy atom. The highest BCUT2D eigenvalue weighted by atomic mass is 16.4. The first-order chi connectivity index (χ1) is 9.24. The van der Waals surface area contributed by atoms with Gasteiger partial charge in [-0.2, -0.15) is 0 Å². The van der Waals surface area contributed by atoms with Crippen LogP contribution in [0.4, 0.5) is 0 Å². The molecular formula is C17H30O2. The van der Waals surface area contributed by atoms with Crippen LogP contribution in [-0.2, 0) is 4.79 Å². The number of unbranched alkanes of at least 4 members (excludes halogenated alkanes) is 7. The van der Waals surface area contributed by atoms with Crippen molar-refractivity contribution in [2.75, 3.05) is 0 Å². The molecule has 19 heavy (non-hydrogen) atoms. The van der Waals surface area contributed by atoms with Gasteiger partial charge in [-0.15, -0.1) is 0 Å². The van der Waals surface area contributed by atoms with Gasteiger partial charge in [0.05, 0.1) is 0 Å². The van der Waals surface area contributed by atoms with E-state index in [-0.39, 0.29) is 0 Å². The van der Waals surface area contributed by atoms with E-state index in [0.29, 0.717) is 6.42 Å². The number of rotatable bonds is 13. The molecule has 0 aliphatic heterocycles. The van der Waals surface area contributed by atoms with Gasteiger partial charge in [0.25, 0.3) is 0 Å². The number of carboxylic acid groups (broad SMARTS) is 1. The molecule has 0 fully saturated rings. The lowest BCUT2D eigenvalue weighted by molar-refractivity contribution is -0.137. The van der Waals surface area contributed by atoms with Gasteiger partial charge >= 0.3 is 5.97 Å². The second kappa shape index (κ2) is 10.1. The van der Waals surface area contributed by atoms with Crippen LogP contribution in [0.5, 0.6) is 0 Å². The number of hydrogen-bond donors (Lipinski definition) is 1. The highest BCUT2D eigenvalue weighted by Gasteiger charge is 2.18. The fraction of sp³-hybridized carbons (Fsp3) is 0.824. The van der Waals surface area contributed by atoms with E-state index < -0.39 is 5.97 Å². The summed E-state index contributed by atoms with van der Waals surface area (Å²) in [5.41, 5.74) is 3.52. The highest BCUT2D eigenvalue weighted by Crippen LogP contribution is 2.38. The van der Waals surface area contributed by atoms with Gasteiger partial charge in [0.2, 0.25) is 0 Å². The molecule has 1 aliphatic carbocycles. The maximum atomic E-state index is 10.3. The van der Waals surface area contributed by atoms with Crippen molar-refractivity contribution < 1.29 is 9.90 Å². The number of carbonyl (C=O) groups is 1. The van der Waals surface area contributed by atoms with Crippen molar-refractivity contribution in [1.29, 1.82) is 0 Å². The minimum atomic E-state index is -0.656. The maximum Gasteiger partial charge on any atom is 0.303 e. The van der Waals surface area contributed by atoms with Gasteiger partial charge in [-0.25, -0.2) is 0 Å². The average molecular weight is 266 g/mol. The second-order valence-corrected chi connectivity index (χ2v) is 5.86. The molecule has 0 radical (unpaired) electrons. The molecule has 2 nitrogen and oxygen atoms in total. The Kier molecular flexibility index (Phi) is 8.61. The van der Waals surface area contributed by atoms with Gasteiger partial charge in [-0.05, 0) is 38.5 Å². The van der Waals surface area contributed by atoms with E-state index >= 15 is 0 Å². The standard InChI is InChI=1S/C17H30O2/c1-2-3-11-15-14-16(15)12-9-7-5-4-6-8-10-13-17(18)19/h2-14H2,1H3,(H,18,19). The summed E-state index contributed by atoms with van der Waals surface area (Å²) in [6, 6.07) is 0. The normalized spacial score (nSPS) is 13.9. The first-order valence-corrected chi connectivity index (χ1v) is 8.15. The Morgan fingerprint density at radius 3 is 2.00 bits per heavy atom. The van der Waals surface area contributed by atoms with Gasteiger partial charge in [0.15, 0.2) is 0 Å². The monoisotopic (exact) mass is 266 g/mol. The minimum Gasteiger partial charge on any atom is -0.481 e. The van der Waals surface area contributed by atoms with Crippen molar-refractivity contribution in [3.05, 3.63) is 11.1 Å². The number of carboxylic acids is 1. The van der Waals surface area contributed by atoms with Crippen LogP contribution in [-0.4, -0.2) is 11.1 Å². The molecular weight excluding hydrogens is 236 g/mol. The van der Waals surface area contributed by atoms with Crippen molar-refractivity contribution in [2.24, 2.45) is 0 Å². The van der Waals surface area contributed by atoms with Gasteiger partial charge in [0, 0.05) is 6.42 Å². The van der Waals surface area contributed by atoms with E-state index in [1.165, 1.54) is 64.2 Å². The molecule has 0 aromatic rings. The topological polar surface area (TPSA) is 37.3 Å². The summed E-state index contributed by atoms with van der Waals surface area (Å²) < 4.78 is 0. The predicted molar refractivity (Wildman–Crippen MR) is 80.4 cm³/mol. The quantitative estimate of drug-likeness (QED) is 0.354. The molecule has 0 bridgehead atoms. The Hall–Kier alpha value is -0.790. The van der Waals surface area contributed by atoms with Gasteiger partial charge in [0.1, 0.15) is 0 Å². The van der Waals surface area contributed by atoms with Crippen molar-refractivity contribution in [3.63, 3.8) is 0 Å². The largest absolute Gasteiger partial charge is 0.481 e. The third-order valence-corrected chi connectivity index (χ3v) is 4.00. The zero-order chi connectivity index (χ0) is 13.9. The lowest BCUT2D eigenvalue weighted by Gasteiger charge is -2.00. The third kappa shape index (κ3) is 8.85. The number of hydrogen-bond acceptors (Lipinski definition) is 1. The van der Waals surface area contributed by atoms with Crippen LogP contribution in [0.2, 0.25) is 0 Å². The molecule has 1 rings (SSSR count). The summed E-state index contributed by atoms with van der Waals surface area (Å²) >= 11 is 0. The predicted octanol–water partition coefficient (Wildman–Crippen LogP) is 5.47. The number of aliphatic carboxylic acids is 1. The van der Waals surface area contributed by atoms with Gasteiger partial charge in [-0.3, -0.25) is 4.79 Å². The van der Waals surface area contributed by atoms with E-state index in [1.807, 2.05) is 0 Å². The fourth-order valence-corrected chi connectivity index (χ4v) is 2.63. The van der Waals surface area contributed by atoms with Crippen LogP contribution in [0.25, 0.3) is 0 Å². The molecule has 0 unspecified atom stereocenters. The molecule has 2 heteroatoms. The SMILES string of the molecule is CCCCC1=C(CCCCCCCCCC(=O)O)C1. The van der Waals surface area contributed by atoms with E-state index in [0.717, 1.165) is 12.8 Å². The summed E-state index contributed by atoms with van der Waals surface area (Å²) in [7, 11) is 0. The summed E-state index contributed by atoms with van der Waals surface area (Å²) in [6.07, 6.45) is 15.5. The van der Waals surface area contributed by atoms with E-state index in [1.54, 1.807) is 11.1 Å². The van der Waals surface area contributed by atoms with Crippen LogP contribution >= 0.6 is 0 Å². The zero-order valence-electron chi connectivity index (χ0n) is 12.5. The summed E-state index contributed by atoms with van der Waals surface area (Å²) in [4.78, 5) is 10.3.